The second-order valence-corrected chi connectivity index (χ2v) is 4.58. The molecule has 20 heavy (non-hydrogen) atoms. The molecule has 2 rings (SSSR count). The molecule has 1 aromatic carbocycles. The molecule has 0 saturated heterocycles. The number of nitrogens with zero attached hydrogens (tertiary/aromatic N) is 1. The molecule has 0 radical (unpaired) electrons. The summed E-state index contributed by atoms with van der Waals surface area (Å²) >= 11 is 0. The Morgan fingerprint density at radius 1 is 1.10 bits per heavy atom. The summed E-state index contributed by atoms with van der Waals surface area (Å²) in [7, 11) is 0. The Balaban J connectivity index is 1.77. The van der Waals surface area contributed by atoms with Crippen LogP contribution in [0.5, 0.6) is 5.75 Å². The minimum atomic E-state index is 0.620. The zero-order valence-electron chi connectivity index (χ0n) is 12.0. The van der Waals surface area contributed by atoms with Gasteiger partial charge in [0.05, 0.1) is 23.8 Å². The van der Waals surface area contributed by atoms with E-state index in [0.717, 1.165) is 30.2 Å². The largest absolute Gasteiger partial charge is 0.492 e. The normalized spacial score (nSPS) is 10.1. The van der Waals surface area contributed by atoms with E-state index in [1.807, 2.05) is 36.7 Å². The van der Waals surface area contributed by atoms with Crippen LogP contribution < -0.4 is 15.4 Å². The molecule has 2 N–H and O–H groups in total. The van der Waals surface area contributed by atoms with Crippen molar-refractivity contribution >= 4 is 11.4 Å². The number of hydrogen-bond acceptors (Lipinski definition) is 4. The van der Waals surface area contributed by atoms with Gasteiger partial charge in [0.2, 0.25) is 0 Å². The number of hydrogen-bond donors (Lipinski definition) is 2. The Labute approximate surface area is 120 Å². The van der Waals surface area contributed by atoms with E-state index in [1.165, 1.54) is 5.56 Å². The maximum atomic E-state index is 5.69. The molecule has 4 heteroatoms. The third-order valence-corrected chi connectivity index (χ3v) is 2.81. The van der Waals surface area contributed by atoms with Crippen molar-refractivity contribution in [1.29, 1.82) is 0 Å². The van der Waals surface area contributed by atoms with E-state index in [2.05, 4.69) is 35.5 Å². The number of pyridine rings is 1. The Morgan fingerprint density at radius 2 is 1.90 bits per heavy atom. The van der Waals surface area contributed by atoms with Gasteiger partial charge in [0.15, 0.2) is 0 Å². The van der Waals surface area contributed by atoms with Crippen LogP contribution in [-0.4, -0.2) is 24.7 Å². The lowest BCUT2D eigenvalue weighted by Gasteiger charge is -2.10. The van der Waals surface area contributed by atoms with E-state index in [0.29, 0.717) is 6.61 Å². The molecule has 4 nitrogen and oxygen atoms in total. The predicted octanol–water partition coefficient (Wildman–Crippen LogP) is 3.31. The van der Waals surface area contributed by atoms with Crippen LogP contribution >= 0.6 is 0 Å². The first-order chi connectivity index (χ1) is 9.78. The molecular weight excluding hydrogens is 250 g/mol. The molecule has 0 aliphatic carbocycles. The van der Waals surface area contributed by atoms with E-state index in [9.17, 15) is 0 Å². The smallest absolute Gasteiger partial charge is 0.119 e. The summed E-state index contributed by atoms with van der Waals surface area (Å²) in [6, 6.07) is 10.1. The molecule has 106 valence electrons. The lowest BCUT2D eigenvalue weighted by Crippen LogP contribution is -2.12. The molecule has 0 saturated carbocycles. The minimum absolute atomic E-state index is 0.620. The van der Waals surface area contributed by atoms with E-state index in [1.54, 1.807) is 0 Å². The number of aryl methyl sites for hydroxylation is 1. The summed E-state index contributed by atoms with van der Waals surface area (Å²) < 4.78 is 5.69. The summed E-state index contributed by atoms with van der Waals surface area (Å²) in [5.41, 5.74) is 3.23. The third kappa shape index (κ3) is 4.46. The number of nitrogens with one attached hydrogen (secondary N) is 2. The Hall–Kier alpha value is -2.23. The summed E-state index contributed by atoms with van der Waals surface area (Å²) in [5, 5.41) is 6.54. The van der Waals surface area contributed by atoms with Crippen LogP contribution in [0.25, 0.3) is 0 Å². The third-order valence-electron chi connectivity index (χ3n) is 2.81. The lowest BCUT2D eigenvalue weighted by molar-refractivity contribution is 0.332. The zero-order chi connectivity index (χ0) is 14.2. The molecule has 0 bridgehead atoms. The maximum absolute atomic E-state index is 5.69. The Morgan fingerprint density at radius 3 is 2.65 bits per heavy atom. The summed E-state index contributed by atoms with van der Waals surface area (Å²) in [6.07, 6.45) is 3.63. The van der Waals surface area contributed by atoms with E-state index in [-0.39, 0.29) is 0 Å². The van der Waals surface area contributed by atoms with Crippen molar-refractivity contribution in [2.75, 3.05) is 30.3 Å². The first-order valence-electron chi connectivity index (χ1n) is 6.90. The molecule has 2 aromatic rings. The van der Waals surface area contributed by atoms with Crippen LogP contribution in [0.1, 0.15) is 12.5 Å². The van der Waals surface area contributed by atoms with Gasteiger partial charge in [0.1, 0.15) is 12.4 Å². The van der Waals surface area contributed by atoms with Gasteiger partial charge in [-0.25, -0.2) is 0 Å². The van der Waals surface area contributed by atoms with Gasteiger partial charge < -0.3 is 15.4 Å². The average molecular weight is 271 g/mol. The van der Waals surface area contributed by atoms with E-state index < -0.39 is 0 Å². The summed E-state index contributed by atoms with van der Waals surface area (Å²) in [6.45, 7) is 6.38. The van der Waals surface area contributed by atoms with Gasteiger partial charge in [-0.05, 0) is 37.6 Å². The fraction of sp³-hybridized carbons (Fsp3) is 0.312. The second-order valence-electron chi connectivity index (χ2n) is 4.58. The highest BCUT2D eigenvalue weighted by Gasteiger charge is 1.97. The molecular formula is C16H21N3O. The van der Waals surface area contributed by atoms with Gasteiger partial charge in [-0.2, -0.15) is 0 Å². The van der Waals surface area contributed by atoms with Crippen molar-refractivity contribution in [2.45, 2.75) is 13.8 Å². The first-order valence-corrected chi connectivity index (χ1v) is 6.90. The number of anilines is 2. The SMILES string of the molecule is CCNc1cncc(NCCOc2cccc(C)c2)c1. The molecule has 0 spiro atoms. The number of rotatable bonds is 7. The lowest BCUT2D eigenvalue weighted by atomic mass is 10.2. The molecule has 0 fully saturated rings. The van der Waals surface area contributed by atoms with Gasteiger partial charge in [-0.1, -0.05) is 12.1 Å². The van der Waals surface area contributed by atoms with Gasteiger partial charge in [0, 0.05) is 13.1 Å². The minimum Gasteiger partial charge on any atom is -0.492 e. The molecule has 0 atom stereocenters. The van der Waals surface area contributed by atoms with E-state index >= 15 is 0 Å². The monoisotopic (exact) mass is 271 g/mol. The highest BCUT2D eigenvalue weighted by Crippen LogP contribution is 2.13. The molecule has 0 amide bonds. The quantitative estimate of drug-likeness (QED) is 0.758. The molecule has 0 unspecified atom stereocenters. The molecule has 0 aliphatic rings. The van der Waals surface area contributed by atoms with Crippen LogP contribution in [0, 0.1) is 6.92 Å². The first kappa shape index (κ1) is 14.2. The average Bonchev–Trinajstić information content (AvgIpc) is 2.45. The van der Waals surface area contributed by atoms with Gasteiger partial charge >= 0.3 is 0 Å². The van der Waals surface area contributed by atoms with Crippen LogP contribution in [0.15, 0.2) is 42.7 Å². The fourth-order valence-electron chi connectivity index (χ4n) is 1.91. The van der Waals surface area contributed by atoms with Gasteiger partial charge in [0.25, 0.3) is 0 Å². The predicted molar refractivity (Wildman–Crippen MR) is 83.6 cm³/mol. The highest BCUT2D eigenvalue weighted by atomic mass is 16.5. The number of ether oxygens (including phenoxy) is 1. The maximum Gasteiger partial charge on any atom is 0.119 e. The second kappa shape index (κ2) is 7.38. The summed E-state index contributed by atoms with van der Waals surface area (Å²) in [5.74, 6) is 0.909. The van der Waals surface area contributed by atoms with Crippen molar-refractivity contribution < 1.29 is 4.74 Å². The van der Waals surface area contributed by atoms with Gasteiger partial charge in [-0.3, -0.25) is 4.98 Å². The molecule has 0 aliphatic heterocycles. The van der Waals surface area contributed by atoms with Crippen molar-refractivity contribution in [3.63, 3.8) is 0 Å². The van der Waals surface area contributed by atoms with Gasteiger partial charge in [-0.15, -0.1) is 0 Å². The molecule has 1 heterocycles. The van der Waals surface area contributed by atoms with Crippen molar-refractivity contribution in [2.24, 2.45) is 0 Å². The molecule has 1 aromatic heterocycles. The van der Waals surface area contributed by atoms with Crippen LogP contribution in [0.3, 0.4) is 0 Å². The Bertz CT molecular complexity index is 543. The van der Waals surface area contributed by atoms with Crippen molar-refractivity contribution in [3.05, 3.63) is 48.3 Å². The zero-order valence-corrected chi connectivity index (χ0v) is 12.0. The topological polar surface area (TPSA) is 46.2 Å². The number of aromatic nitrogens is 1. The van der Waals surface area contributed by atoms with Crippen molar-refractivity contribution in [1.82, 2.24) is 4.98 Å². The van der Waals surface area contributed by atoms with Crippen LogP contribution in [0.2, 0.25) is 0 Å². The van der Waals surface area contributed by atoms with Crippen LogP contribution in [-0.2, 0) is 0 Å². The van der Waals surface area contributed by atoms with Crippen molar-refractivity contribution in [3.8, 4) is 5.75 Å². The highest BCUT2D eigenvalue weighted by molar-refractivity contribution is 5.53. The van der Waals surface area contributed by atoms with E-state index in [4.69, 9.17) is 4.74 Å². The fourth-order valence-corrected chi connectivity index (χ4v) is 1.91. The Kier molecular flexibility index (Phi) is 5.24. The standard InChI is InChI=1S/C16H21N3O/c1-3-18-14-10-15(12-17-11-14)19-7-8-20-16-6-4-5-13(2)9-16/h4-6,9-12,18-19H,3,7-8H2,1-2H3. The summed E-state index contributed by atoms with van der Waals surface area (Å²) in [4.78, 5) is 4.19. The number of benzene rings is 1. The van der Waals surface area contributed by atoms with Crippen LogP contribution in [0.4, 0.5) is 11.4 Å².